The van der Waals surface area contributed by atoms with Gasteiger partial charge in [-0.3, -0.25) is 4.98 Å². The standard InChI is InChI=1S/C22H23NO4/c1-3-5-6-7-16-10-11-23-14-19(16)21-12-17-8-9-18(13-20(17)27-21)25-15-26-22(24)4-2/h4,8-14H,2-3,5-7,15H2,1H3. The van der Waals surface area contributed by atoms with Crippen LogP contribution < -0.4 is 4.74 Å². The Bertz CT molecular complexity index is 929. The van der Waals surface area contributed by atoms with Crippen molar-refractivity contribution in [1.82, 2.24) is 4.98 Å². The Hall–Kier alpha value is -3.08. The number of aromatic nitrogens is 1. The average molecular weight is 365 g/mol. The Labute approximate surface area is 158 Å². The van der Waals surface area contributed by atoms with Gasteiger partial charge in [-0.25, -0.2) is 4.79 Å². The lowest BCUT2D eigenvalue weighted by Gasteiger charge is -2.06. The number of aryl methyl sites for hydroxylation is 1. The fourth-order valence-corrected chi connectivity index (χ4v) is 2.88. The van der Waals surface area contributed by atoms with Crippen LogP contribution in [0.5, 0.6) is 5.75 Å². The summed E-state index contributed by atoms with van der Waals surface area (Å²) in [6, 6.07) is 9.58. The average Bonchev–Trinajstić information content (AvgIpc) is 3.11. The van der Waals surface area contributed by atoms with Crippen molar-refractivity contribution in [3.05, 3.63) is 60.9 Å². The maximum atomic E-state index is 11.1. The van der Waals surface area contributed by atoms with E-state index in [4.69, 9.17) is 13.9 Å². The van der Waals surface area contributed by atoms with Crippen molar-refractivity contribution in [3.63, 3.8) is 0 Å². The van der Waals surface area contributed by atoms with Crippen LogP contribution in [-0.4, -0.2) is 17.7 Å². The van der Waals surface area contributed by atoms with Crippen LogP contribution >= 0.6 is 0 Å². The summed E-state index contributed by atoms with van der Waals surface area (Å²) in [6.45, 7) is 5.37. The molecule has 3 aromatic rings. The van der Waals surface area contributed by atoms with Gasteiger partial charge in [0.1, 0.15) is 17.1 Å². The van der Waals surface area contributed by atoms with E-state index in [1.807, 2.05) is 30.6 Å². The Morgan fingerprint density at radius 1 is 1.26 bits per heavy atom. The van der Waals surface area contributed by atoms with E-state index in [0.717, 1.165) is 35.6 Å². The number of nitrogens with zero attached hydrogens (tertiary/aromatic N) is 1. The van der Waals surface area contributed by atoms with Gasteiger partial charge in [0, 0.05) is 35.5 Å². The molecule has 0 atom stereocenters. The second-order valence-electron chi connectivity index (χ2n) is 6.23. The lowest BCUT2D eigenvalue weighted by molar-refractivity contribution is -0.144. The van der Waals surface area contributed by atoms with Gasteiger partial charge >= 0.3 is 5.97 Å². The monoisotopic (exact) mass is 365 g/mol. The van der Waals surface area contributed by atoms with Crippen LogP contribution in [0.2, 0.25) is 0 Å². The molecule has 5 heteroatoms. The van der Waals surface area contributed by atoms with Gasteiger partial charge in [0.25, 0.3) is 0 Å². The first-order valence-corrected chi connectivity index (χ1v) is 9.10. The Kier molecular flexibility index (Phi) is 6.26. The molecule has 0 N–H and O–H groups in total. The molecule has 0 aliphatic rings. The van der Waals surface area contributed by atoms with Gasteiger partial charge in [0.15, 0.2) is 0 Å². The number of rotatable bonds is 9. The van der Waals surface area contributed by atoms with E-state index >= 15 is 0 Å². The molecular weight excluding hydrogens is 342 g/mol. The third kappa shape index (κ3) is 4.76. The van der Waals surface area contributed by atoms with Gasteiger partial charge in [-0.1, -0.05) is 26.3 Å². The zero-order valence-corrected chi connectivity index (χ0v) is 15.4. The van der Waals surface area contributed by atoms with Gasteiger partial charge < -0.3 is 13.9 Å². The smallest absolute Gasteiger partial charge is 0.333 e. The van der Waals surface area contributed by atoms with Crippen molar-refractivity contribution in [1.29, 1.82) is 0 Å². The summed E-state index contributed by atoms with van der Waals surface area (Å²) in [5.74, 6) is 0.831. The number of hydrogen-bond acceptors (Lipinski definition) is 5. The molecule has 0 aliphatic carbocycles. The second-order valence-corrected chi connectivity index (χ2v) is 6.23. The molecule has 0 aliphatic heterocycles. The van der Waals surface area contributed by atoms with Crippen molar-refractivity contribution < 1.29 is 18.7 Å². The SMILES string of the molecule is C=CC(=O)OCOc1ccc2cc(-c3cnccc3CCCCC)oc2c1. The maximum Gasteiger partial charge on any atom is 0.333 e. The van der Waals surface area contributed by atoms with E-state index in [1.165, 1.54) is 18.4 Å². The van der Waals surface area contributed by atoms with E-state index in [9.17, 15) is 4.79 Å². The van der Waals surface area contributed by atoms with Gasteiger partial charge in [0.05, 0.1) is 0 Å². The molecule has 2 aromatic heterocycles. The number of esters is 1. The van der Waals surface area contributed by atoms with E-state index < -0.39 is 5.97 Å². The molecule has 27 heavy (non-hydrogen) atoms. The number of carbonyl (C=O) groups is 1. The Balaban J connectivity index is 1.79. The summed E-state index contributed by atoms with van der Waals surface area (Å²) >= 11 is 0. The van der Waals surface area contributed by atoms with Crippen LogP contribution in [0.25, 0.3) is 22.3 Å². The number of hydrogen-bond donors (Lipinski definition) is 0. The predicted molar refractivity (Wildman–Crippen MR) is 104 cm³/mol. The lowest BCUT2D eigenvalue weighted by Crippen LogP contribution is -2.07. The van der Waals surface area contributed by atoms with Crippen LogP contribution in [0.15, 0.2) is 59.8 Å². The maximum absolute atomic E-state index is 11.1. The molecule has 0 unspecified atom stereocenters. The van der Waals surface area contributed by atoms with E-state index in [0.29, 0.717) is 11.3 Å². The van der Waals surface area contributed by atoms with Gasteiger partial charge in [-0.05, 0) is 42.7 Å². The normalized spacial score (nSPS) is 10.7. The highest BCUT2D eigenvalue weighted by atomic mass is 16.7. The van der Waals surface area contributed by atoms with Crippen molar-refractivity contribution >= 4 is 16.9 Å². The summed E-state index contributed by atoms with van der Waals surface area (Å²) in [4.78, 5) is 15.3. The fourth-order valence-electron chi connectivity index (χ4n) is 2.88. The quantitative estimate of drug-likeness (QED) is 0.223. The molecule has 140 valence electrons. The minimum atomic E-state index is -0.524. The molecule has 0 amide bonds. The van der Waals surface area contributed by atoms with Gasteiger partial charge in [0.2, 0.25) is 6.79 Å². The van der Waals surface area contributed by atoms with Gasteiger partial charge in [-0.2, -0.15) is 0 Å². The zero-order chi connectivity index (χ0) is 19.1. The van der Waals surface area contributed by atoms with Crippen LogP contribution in [0, 0.1) is 0 Å². The summed E-state index contributed by atoms with van der Waals surface area (Å²) in [7, 11) is 0. The third-order valence-electron chi connectivity index (χ3n) is 4.31. The molecule has 0 saturated heterocycles. The van der Waals surface area contributed by atoms with E-state index in [2.05, 4.69) is 24.6 Å². The first-order valence-electron chi connectivity index (χ1n) is 9.10. The highest BCUT2D eigenvalue weighted by molar-refractivity contribution is 5.84. The lowest BCUT2D eigenvalue weighted by atomic mass is 10.0. The first-order chi connectivity index (χ1) is 13.2. The molecule has 0 radical (unpaired) electrons. The molecule has 1 aromatic carbocycles. The number of carbonyl (C=O) groups excluding carboxylic acids is 1. The number of ether oxygens (including phenoxy) is 2. The third-order valence-corrected chi connectivity index (χ3v) is 4.31. The summed E-state index contributed by atoms with van der Waals surface area (Å²) in [5, 5.41) is 0.976. The van der Waals surface area contributed by atoms with Crippen LogP contribution in [0.1, 0.15) is 31.7 Å². The molecule has 3 rings (SSSR count). The van der Waals surface area contributed by atoms with Gasteiger partial charge in [-0.15, -0.1) is 0 Å². The Morgan fingerprint density at radius 3 is 2.96 bits per heavy atom. The van der Waals surface area contributed by atoms with Crippen molar-refractivity contribution in [2.45, 2.75) is 32.6 Å². The van der Waals surface area contributed by atoms with Crippen molar-refractivity contribution in [3.8, 4) is 17.1 Å². The second kappa shape index (κ2) is 9.03. The molecular formula is C22H23NO4. The number of unbranched alkanes of at least 4 members (excludes halogenated alkanes) is 2. The molecule has 2 heterocycles. The molecule has 0 saturated carbocycles. The number of benzene rings is 1. The number of fused-ring (bicyclic) bond motifs is 1. The van der Waals surface area contributed by atoms with Crippen molar-refractivity contribution in [2.75, 3.05) is 6.79 Å². The zero-order valence-electron chi connectivity index (χ0n) is 15.4. The molecule has 0 bridgehead atoms. The number of pyridine rings is 1. The van der Waals surface area contributed by atoms with Crippen LogP contribution in [0.3, 0.4) is 0 Å². The molecule has 5 nitrogen and oxygen atoms in total. The summed E-state index contributed by atoms with van der Waals surface area (Å²) in [6.07, 6.45) is 9.32. The highest BCUT2D eigenvalue weighted by Gasteiger charge is 2.12. The minimum absolute atomic E-state index is 0.173. The van der Waals surface area contributed by atoms with Crippen LogP contribution in [-0.2, 0) is 16.0 Å². The summed E-state index contributed by atoms with van der Waals surface area (Å²) < 4.78 is 16.3. The topological polar surface area (TPSA) is 61.6 Å². The van der Waals surface area contributed by atoms with E-state index in [-0.39, 0.29) is 6.79 Å². The first kappa shape index (κ1) is 18.7. The predicted octanol–water partition coefficient (Wildman–Crippen LogP) is 5.29. The van der Waals surface area contributed by atoms with Crippen molar-refractivity contribution in [2.24, 2.45) is 0 Å². The molecule has 0 spiro atoms. The van der Waals surface area contributed by atoms with Crippen LogP contribution in [0.4, 0.5) is 0 Å². The fraction of sp³-hybridized carbons (Fsp3) is 0.273. The molecule has 0 fully saturated rings. The number of furan rings is 1. The van der Waals surface area contributed by atoms with E-state index in [1.54, 1.807) is 6.07 Å². The highest BCUT2D eigenvalue weighted by Crippen LogP contribution is 2.32. The Morgan fingerprint density at radius 2 is 2.15 bits per heavy atom. The largest absolute Gasteiger partial charge is 0.457 e. The summed E-state index contributed by atoms with van der Waals surface area (Å²) in [5.41, 5.74) is 2.97. The minimum Gasteiger partial charge on any atom is -0.457 e.